The average molecular weight is 223 g/mol. The predicted octanol–water partition coefficient (Wildman–Crippen LogP) is 1.69. The molecule has 0 aliphatic rings. The van der Waals surface area contributed by atoms with Gasteiger partial charge in [-0.05, 0) is 34.6 Å². The molecule has 1 aromatic rings. The van der Waals surface area contributed by atoms with Crippen molar-refractivity contribution in [1.29, 1.82) is 0 Å². The van der Waals surface area contributed by atoms with Crippen LogP contribution in [0.5, 0.6) is 0 Å². The van der Waals surface area contributed by atoms with Gasteiger partial charge < -0.3 is 10.0 Å². The van der Waals surface area contributed by atoms with Crippen molar-refractivity contribution in [2.75, 3.05) is 18.0 Å². The average Bonchev–Trinajstić information content (AvgIpc) is 2.17. The minimum Gasteiger partial charge on any atom is -0.389 e. The van der Waals surface area contributed by atoms with Gasteiger partial charge in [-0.25, -0.2) is 4.98 Å². The van der Waals surface area contributed by atoms with Gasteiger partial charge in [0.15, 0.2) is 0 Å². The molecule has 1 aromatic heterocycles. The first-order valence-corrected chi connectivity index (χ1v) is 5.61. The first kappa shape index (κ1) is 12.9. The van der Waals surface area contributed by atoms with Crippen LogP contribution in [-0.2, 0) is 0 Å². The minimum atomic E-state index is -0.726. The van der Waals surface area contributed by atoms with Crippen LogP contribution in [-0.4, -0.2) is 33.8 Å². The highest BCUT2D eigenvalue weighted by Gasteiger charge is 2.18. The summed E-state index contributed by atoms with van der Waals surface area (Å²) in [6, 6.07) is 0. The zero-order valence-corrected chi connectivity index (χ0v) is 10.8. The summed E-state index contributed by atoms with van der Waals surface area (Å²) in [5.74, 6) is 0.827. The second-order valence-electron chi connectivity index (χ2n) is 4.73. The lowest BCUT2D eigenvalue weighted by Crippen LogP contribution is -2.39. The summed E-state index contributed by atoms with van der Waals surface area (Å²) in [5, 5.41) is 9.81. The van der Waals surface area contributed by atoms with Crippen LogP contribution in [0.25, 0.3) is 0 Å². The molecule has 0 aromatic carbocycles. The first-order chi connectivity index (χ1) is 7.33. The summed E-state index contributed by atoms with van der Waals surface area (Å²) >= 11 is 0. The molecule has 0 saturated carbocycles. The molecule has 0 aliphatic carbocycles. The zero-order chi connectivity index (χ0) is 12.3. The Morgan fingerprint density at radius 1 is 1.31 bits per heavy atom. The standard InChI is InChI=1S/C12H21N3O/c1-6-15(8-12(4,5)16)11-7-13-9(2)10(3)14-11/h7,16H,6,8H2,1-5H3. The van der Waals surface area contributed by atoms with E-state index in [1.54, 1.807) is 20.0 Å². The summed E-state index contributed by atoms with van der Waals surface area (Å²) in [7, 11) is 0. The van der Waals surface area contributed by atoms with Crippen LogP contribution in [0.15, 0.2) is 6.20 Å². The van der Waals surface area contributed by atoms with E-state index in [0.29, 0.717) is 6.54 Å². The number of aryl methyl sites for hydroxylation is 2. The molecule has 0 amide bonds. The fraction of sp³-hybridized carbons (Fsp3) is 0.667. The summed E-state index contributed by atoms with van der Waals surface area (Å²) in [6.07, 6.45) is 1.76. The summed E-state index contributed by atoms with van der Waals surface area (Å²) in [4.78, 5) is 10.8. The first-order valence-electron chi connectivity index (χ1n) is 5.61. The lowest BCUT2D eigenvalue weighted by Gasteiger charge is -2.28. The Morgan fingerprint density at radius 2 is 1.94 bits per heavy atom. The Bertz CT molecular complexity index is 358. The molecule has 90 valence electrons. The highest BCUT2D eigenvalue weighted by Crippen LogP contribution is 2.14. The largest absolute Gasteiger partial charge is 0.389 e. The maximum absolute atomic E-state index is 9.81. The Morgan fingerprint density at radius 3 is 2.38 bits per heavy atom. The lowest BCUT2D eigenvalue weighted by atomic mass is 10.1. The second-order valence-corrected chi connectivity index (χ2v) is 4.73. The Kier molecular flexibility index (Phi) is 3.86. The van der Waals surface area contributed by atoms with Crippen molar-refractivity contribution in [2.24, 2.45) is 0 Å². The van der Waals surface area contributed by atoms with Crippen LogP contribution in [0.4, 0.5) is 5.82 Å². The third kappa shape index (κ3) is 3.45. The molecular formula is C12H21N3O. The van der Waals surface area contributed by atoms with Crippen molar-refractivity contribution in [1.82, 2.24) is 9.97 Å². The molecule has 0 spiro atoms. The minimum absolute atomic E-state index is 0.556. The van der Waals surface area contributed by atoms with Gasteiger partial charge in [0.05, 0.1) is 23.2 Å². The maximum Gasteiger partial charge on any atom is 0.147 e. The molecule has 1 rings (SSSR count). The van der Waals surface area contributed by atoms with Gasteiger partial charge in [-0.1, -0.05) is 0 Å². The molecule has 4 nitrogen and oxygen atoms in total. The summed E-state index contributed by atoms with van der Waals surface area (Å²) in [5.41, 5.74) is 1.16. The van der Waals surface area contributed by atoms with Crippen LogP contribution >= 0.6 is 0 Å². The third-order valence-electron chi connectivity index (χ3n) is 2.46. The van der Waals surface area contributed by atoms with Crippen molar-refractivity contribution < 1.29 is 5.11 Å². The predicted molar refractivity (Wildman–Crippen MR) is 65.7 cm³/mol. The van der Waals surface area contributed by atoms with Crippen LogP contribution in [0.3, 0.4) is 0 Å². The van der Waals surface area contributed by atoms with Crippen LogP contribution in [0, 0.1) is 13.8 Å². The van der Waals surface area contributed by atoms with Gasteiger partial charge in [0.2, 0.25) is 0 Å². The van der Waals surface area contributed by atoms with Gasteiger partial charge >= 0.3 is 0 Å². The zero-order valence-electron chi connectivity index (χ0n) is 10.8. The van der Waals surface area contributed by atoms with Crippen molar-refractivity contribution in [3.8, 4) is 0 Å². The van der Waals surface area contributed by atoms with Gasteiger partial charge in [0, 0.05) is 13.1 Å². The molecule has 0 radical (unpaired) electrons. The quantitative estimate of drug-likeness (QED) is 0.844. The number of hydrogen-bond acceptors (Lipinski definition) is 4. The van der Waals surface area contributed by atoms with Crippen LogP contribution in [0.1, 0.15) is 32.2 Å². The topological polar surface area (TPSA) is 49.2 Å². The van der Waals surface area contributed by atoms with E-state index in [1.807, 2.05) is 25.7 Å². The van der Waals surface area contributed by atoms with E-state index in [1.165, 1.54) is 0 Å². The molecule has 0 unspecified atom stereocenters. The number of aliphatic hydroxyl groups is 1. The number of anilines is 1. The number of aromatic nitrogens is 2. The van der Waals surface area contributed by atoms with Crippen molar-refractivity contribution in [2.45, 2.75) is 40.2 Å². The maximum atomic E-state index is 9.81. The molecule has 1 heterocycles. The molecule has 0 bridgehead atoms. The SMILES string of the molecule is CCN(CC(C)(C)O)c1cnc(C)c(C)n1. The summed E-state index contributed by atoms with van der Waals surface area (Å²) < 4.78 is 0. The molecular weight excluding hydrogens is 202 g/mol. The molecule has 0 aliphatic heterocycles. The van der Waals surface area contributed by atoms with Crippen molar-refractivity contribution in [3.05, 3.63) is 17.6 Å². The second kappa shape index (κ2) is 4.78. The molecule has 1 N–H and O–H groups in total. The smallest absolute Gasteiger partial charge is 0.147 e. The van der Waals surface area contributed by atoms with Crippen molar-refractivity contribution >= 4 is 5.82 Å². The fourth-order valence-corrected chi connectivity index (χ4v) is 1.50. The third-order valence-corrected chi connectivity index (χ3v) is 2.46. The fourth-order valence-electron chi connectivity index (χ4n) is 1.50. The van der Waals surface area contributed by atoms with E-state index in [-0.39, 0.29) is 0 Å². The summed E-state index contributed by atoms with van der Waals surface area (Å²) in [6.45, 7) is 10.9. The number of likely N-dealkylation sites (N-methyl/N-ethyl adjacent to an activating group) is 1. The van der Waals surface area contributed by atoms with Gasteiger partial charge in [0.25, 0.3) is 0 Å². The van der Waals surface area contributed by atoms with E-state index in [0.717, 1.165) is 23.8 Å². The highest BCUT2D eigenvalue weighted by atomic mass is 16.3. The van der Waals surface area contributed by atoms with E-state index in [2.05, 4.69) is 9.97 Å². The van der Waals surface area contributed by atoms with Crippen LogP contribution in [0.2, 0.25) is 0 Å². The Labute approximate surface area is 97.3 Å². The van der Waals surface area contributed by atoms with Gasteiger partial charge in [-0.2, -0.15) is 0 Å². The van der Waals surface area contributed by atoms with Gasteiger partial charge in [-0.3, -0.25) is 4.98 Å². The highest BCUT2D eigenvalue weighted by molar-refractivity contribution is 5.37. The molecule has 4 heteroatoms. The van der Waals surface area contributed by atoms with E-state index >= 15 is 0 Å². The van der Waals surface area contributed by atoms with Crippen molar-refractivity contribution in [3.63, 3.8) is 0 Å². The Hall–Kier alpha value is -1.16. The van der Waals surface area contributed by atoms with Gasteiger partial charge in [-0.15, -0.1) is 0 Å². The number of nitrogens with zero attached hydrogens (tertiary/aromatic N) is 3. The van der Waals surface area contributed by atoms with Crippen LogP contribution < -0.4 is 4.90 Å². The lowest BCUT2D eigenvalue weighted by molar-refractivity contribution is 0.0874. The molecule has 0 fully saturated rings. The monoisotopic (exact) mass is 223 g/mol. The van der Waals surface area contributed by atoms with E-state index in [9.17, 15) is 5.11 Å². The number of hydrogen-bond donors (Lipinski definition) is 1. The molecule has 16 heavy (non-hydrogen) atoms. The Balaban J connectivity index is 2.91. The normalized spacial score (nSPS) is 11.6. The molecule has 0 atom stereocenters. The van der Waals surface area contributed by atoms with Gasteiger partial charge in [0.1, 0.15) is 5.82 Å². The number of rotatable bonds is 4. The molecule has 0 saturated heterocycles. The van der Waals surface area contributed by atoms with E-state index < -0.39 is 5.60 Å². The van der Waals surface area contributed by atoms with E-state index in [4.69, 9.17) is 0 Å².